The summed E-state index contributed by atoms with van der Waals surface area (Å²) >= 11 is 0. The summed E-state index contributed by atoms with van der Waals surface area (Å²) in [4.78, 5) is 14.5. The molecule has 3 heteroatoms. The number of nitrogens with one attached hydrogen (secondary N) is 1. The fraction of sp³-hybridized carbons (Fsp3) is 0.929. The van der Waals surface area contributed by atoms with Crippen LogP contribution in [0.4, 0.5) is 0 Å². The van der Waals surface area contributed by atoms with E-state index in [1.807, 2.05) is 6.92 Å². The number of hydrogen-bond donors (Lipinski definition) is 1. The van der Waals surface area contributed by atoms with Gasteiger partial charge < -0.3 is 4.90 Å². The van der Waals surface area contributed by atoms with Crippen molar-refractivity contribution in [3.63, 3.8) is 0 Å². The molecule has 2 aliphatic rings. The monoisotopic (exact) mass is 238 g/mol. The van der Waals surface area contributed by atoms with Crippen molar-refractivity contribution in [2.75, 3.05) is 0 Å². The van der Waals surface area contributed by atoms with Crippen LogP contribution in [0.15, 0.2) is 0 Å². The number of carbonyl (C=O) groups is 1. The van der Waals surface area contributed by atoms with Crippen molar-refractivity contribution in [3.05, 3.63) is 0 Å². The van der Waals surface area contributed by atoms with Gasteiger partial charge in [-0.15, -0.1) is 0 Å². The first-order valence-corrected chi connectivity index (χ1v) is 7.23. The van der Waals surface area contributed by atoms with Crippen LogP contribution in [0, 0.1) is 5.92 Å². The fourth-order valence-electron chi connectivity index (χ4n) is 3.41. The molecule has 1 saturated heterocycles. The molecule has 1 aliphatic carbocycles. The van der Waals surface area contributed by atoms with Gasteiger partial charge in [-0.1, -0.05) is 33.1 Å². The van der Waals surface area contributed by atoms with Crippen molar-refractivity contribution in [1.82, 2.24) is 10.2 Å². The molecule has 0 bridgehead atoms. The molecule has 0 aromatic carbocycles. The zero-order valence-corrected chi connectivity index (χ0v) is 11.4. The number of nitrogens with zero attached hydrogens (tertiary/aromatic N) is 1. The summed E-state index contributed by atoms with van der Waals surface area (Å²) in [7, 11) is 0. The minimum absolute atomic E-state index is 0.00963. The third-order valence-corrected chi connectivity index (χ3v) is 4.46. The Hall–Kier alpha value is -0.570. The van der Waals surface area contributed by atoms with Gasteiger partial charge in [0.05, 0.1) is 12.2 Å². The Kier molecular flexibility index (Phi) is 4.08. The molecule has 4 atom stereocenters. The van der Waals surface area contributed by atoms with E-state index < -0.39 is 0 Å². The van der Waals surface area contributed by atoms with Gasteiger partial charge in [-0.3, -0.25) is 10.1 Å². The Balaban J connectivity index is 2.15. The van der Waals surface area contributed by atoms with Gasteiger partial charge in [-0.2, -0.15) is 0 Å². The zero-order valence-electron chi connectivity index (χ0n) is 11.4. The molecule has 0 aromatic heterocycles. The smallest absolute Gasteiger partial charge is 0.240 e. The van der Waals surface area contributed by atoms with Crippen LogP contribution in [0.25, 0.3) is 0 Å². The average Bonchev–Trinajstić information content (AvgIpc) is 2.50. The van der Waals surface area contributed by atoms with E-state index in [9.17, 15) is 4.79 Å². The second-order valence-corrected chi connectivity index (χ2v) is 5.74. The van der Waals surface area contributed by atoms with Crippen LogP contribution in [0.3, 0.4) is 0 Å². The lowest BCUT2D eigenvalue weighted by molar-refractivity contribution is -0.133. The van der Waals surface area contributed by atoms with Crippen LogP contribution >= 0.6 is 0 Å². The molecule has 2 rings (SSSR count). The minimum atomic E-state index is 0.00963. The van der Waals surface area contributed by atoms with Crippen molar-refractivity contribution in [2.24, 2.45) is 5.92 Å². The predicted octanol–water partition coefficient (Wildman–Crippen LogP) is 2.51. The van der Waals surface area contributed by atoms with Crippen molar-refractivity contribution in [2.45, 2.75) is 77.5 Å². The third-order valence-electron chi connectivity index (χ3n) is 4.46. The van der Waals surface area contributed by atoms with E-state index >= 15 is 0 Å². The molecule has 0 spiro atoms. The van der Waals surface area contributed by atoms with E-state index in [4.69, 9.17) is 0 Å². The Morgan fingerprint density at radius 1 is 1.24 bits per heavy atom. The van der Waals surface area contributed by atoms with Crippen LogP contribution in [-0.2, 0) is 4.79 Å². The van der Waals surface area contributed by atoms with Gasteiger partial charge in [-0.25, -0.2) is 0 Å². The predicted molar refractivity (Wildman–Crippen MR) is 69.6 cm³/mol. The lowest BCUT2D eigenvalue weighted by Crippen LogP contribution is -2.47. The second-order valence-electron chi connectivity index (χ2n) is 5.74. The van der Waals surface area contributed by atoms with Gasteiger partial charge in [0.1, 0.15) is 0 Å². The van der Waals surface area contributed by atoms with E-state index in [-0.39, 0.29) is 12.2 Å². The molecule has 2 fully saturated rings. The van der Waals surface area contributed by atoms with Crippen LogP contribution in [0.1, 0.15) is 59.3 Å². The van der Waals surface area contributed by atoms with Crippen molar-refractivity contribution < 1.29 is 4.79 Å². The molecule has 1 heterocycles. The maximum atomic E-state index is 12.3. The number of amides is 1. The van der Waals surface area contributed by atoms with Gasteiger partial charge in [-0.05, 0) is 32.1 Å². The molecule has 98 valence electrons. The summed E-state index contributed by atoms with van der Waals surface area (Å²) in [6.45, 7) is 6.47. The molecule has 4 unspecified atom stereocenters. The summed E-state index contributed by atoms with van der Waals surface area (Å²) in [5.41, 5.74) is 0. The number of rotatable bonds is 2. The summed E-state index contributed by atoms with van der Waals surface area (Å²) < 4.78 is 0. The number of carbonyl (C=O) groups excluding carboxylic acids is 1. The maximum Gasteiger partial charge on any atom is 0.240 e. The molecule has 0 radical (unpaired) electrons. The van der Waals surface area contributed by atoms with Crippen LogP contribution in [0.2, 0.25) is 0 Å². The van der Waals surface area contributed by atoms with E-state index in [1.165, 1.54) is 32.1 Å². The highest BCUT2D eigenvalue weighted by Gasteiger charge is 2.41. The Bertz CT molecular complexity index is 279. The van der Waals surface area contributed by atoms with E-state index in [0.29, 0.717) is 17.9 Å². The largest absolute Gasteiger partial charge is 0.323 e. The second kappa shape index (κ2) is 5.38. The molecular formula is C14H26N2O. The van der Waals surface area contributed by atoms with Crippen molar-refractivity contribution >= 4 is 5.91 Å². The Morgan fingerprint density at radius 2 is 1.94 bits per heavy atom. The molecule has 1 saturated carbocycles. The quantitative estimate of drug-likeness (QED) is 0.750. The average molecular weight is 238 g/mol. The highest BCUT2D eigenvalue weighted by Crippen LogP contribution is 2.30. The van der Waals surface area contributed by atoms with Crippen LogP contribution in [0.5, 0.6) is 0 Å². The van der Waals surface area contributed by atoms with E-state index in [1.54, 1.807) is 0 Å². The summed E-state index contributed by atoms with van der Waals surface area (Å²) in [5, 5.41) is 3.42. The maximum absolute atomic E-state index is 12.3. The first kappa shape index (κ1) is 12.9. The highest BCUT2D eigenvalue weighted by atomic mass is 16.2. The minimum Gasteiger partial charge on any atom is -0.323 e. The lowest BCUT2D eigenvalue weighted by atomic mass is 9.95. The SMILES string of the molecule is CCC1NC(C)C(=O)N1C1CCCCCC1C. The molecule has 1 aliphatic heterocycles. The lowest BCUT2D eigenvalue weighted by Gasteiger charge is -2.35. The van der Waals surface area contributed by atoms with Gasteiger partial charge in [0.25, 0.3) is 0 Å². The zero-order chi connectivity index (χ0) is 12.4. The summed E-state index contributed by atoms with van der Waals surface area (Å²) in [5.74, 6) is 0.971. The van der Waals surface area contributed by atoms with Crippen molar-refractivity contribution in [3.8, 4) is 0 Å². The normalized spacial score (nSPS) is 39.5. The molecule has 3 nitrogen and oxygen atoms in total. The molecular weight excluding hydrogens is 212 g/mol. The van der Waals surface area contributed by atoms with Crippen LogP contribution in [-0.4, -0.2) is 29.1 Å². The molecule has 17 heavy (non-hydrogen) atoms. The Morgan fingerprint density at radius 3 is 2.65 bits per heavy atom. The van der Waals surface area contributed by atoms with E-state index in [2.05, 4.69) is 24.1 Å². The first-order chi connectivity index (χ1) is 8.15. The first-order valence-electron chi connectivity index (χ1n) is 7.23. The fourth-order valence-corrected chi connectivity index (χ4v) is 3.41. The van der Waals surface area contributed by atoms with Crippen molar-refractivity contribution in [1.29, 1.82) is 0 Å². The van der Waals surface area contributed by atoms with Crippen LogP contribution < -0.4 is 5.32 Å². The summed E-state index contributed by atoms with van der Waals surface area (Å²) in [6.07, 6.45) is 7.70. The summed E-state index contributed by atoms with van der Waals surface area (Å²) in [6, 6.07) is 0.475. The van der Waals surface area contributed by atoms with Gasteiger partial charge in [0, 0.05) is 6.04 Å². The topological polar surface area (TPSA) is 32.3 Å². The van der Waals surface area contributed by atoms with E-state index in [0.717, 1.165) is 6.42 Å². The van der Waals surface area contributed by atoms with Gasteiger partial charge >= 0.3 is 0 Å². The highest BCUT2D eigenvalue weighted by molar-refractivity contribution is 5.84. The Labute approximate surface area is 105 Å². The molecule has 1 amide bonds. The molecule has 1 N–H and O–H groups in total. The standard InChI is InChI=1S/C14H26N2O/c1-4-13-15-11(3)14(17)16(13)12-9-7-5-6-8-10(12)2/h10-13,15H,4-9H2,1-3H3. The number of hydrogen-bond acceptors (Lipinski definition) is 2. The van der Waals surface area contributed by atoms with Gasteiger partial charge in [0.15, 0.2) is 0 Å². The third kappa shape index (κ3) is 2.49. The molecule has 0 aromatic rings. The van der Waals surface area contributed by atoms with Gasteiger partial charge in [0.2, 0.25) is 5.91 Å².